The fourth-order valence-electron chi connectivity index (χ4n) is 1.93. The minimum atomic E-state index is -0.589. The van der Waals surface area contributed by atoms with Crippen LogP contribution in [-0.4, -0.2) is 68.8 Å². The van der Waals surface area contributed by atoms with Crippen molar-refractivity contribution in [3.8, 4) is 0 Å². The predicted molar refractivity (Wildman–Crippen MR) is 74.0 cm³/mol. The van der Waals surface area contributed by atoms with Crippen molar-refractivity contribution in [2.24, 2.45) is 11.7 Å². The van der Waals surface area contributed by atoms with E-state index in [4.69, 9.17) is 15.2 Å². The number of morpholine rings is 1. The molecule has 0 aromatic carbocycles. The average molecular weight is 287 g/mol. The first-order chi connectivity index (χ1) is 9.45. The zero-order valence-corrected chi connectivity index (χ0v) is 12.4. The maximum Gasteiger partial charge on any atom is 0.242 e. The second-order valence-corrected chi connectivity index (χ2v) is 5.28. The molecule has 0 spiro atoms. The summed E-state index contributed by atoms with van der Waals surface area (Å²) in [4.78, 5) is 25.4. The molecule has 1 heterocycles. The molecular formula is C13H25N3O4. The Hall–Kier alpha value is -1.18. The van der Waals surface area contributed by atoms with Crippen LogP contribution in [0.25, 0.3) is 0 Å². The van der Waals surface area contributed by atoms with Gasteiger partial charge in [0.1, 0.15) is 0 Å². The third-order valence-corrected chi connectivity index (χ3v) is 3.28. The van der Waals surface area contributed by atoms with Crippen molar-refractivity contribution in [1.29, 1.82) is 0 Å². The number of amides is 2. The van der Waals surface area contributed by atoms with E-state index in [0.717, 1.165) is 0 Å². The number of rotatable bonds is 6. The number of nitrogens with zero attached hydrogens (tertiary/aromatic N) is 1. The SMILES string of the molecule is COCC1CN(C(=O)CNC(=O)[C@@H](N)C(C)C)CCO1. The van der Waals surface area contributed by atoms with Crippen LogP contribution in [0.5, 0.6) is 0 Å². The predicted octanol–water partition coefficient (Wildman–Crippen LogP) is -1.04. The zero-order valence-electron chi connectivity index (χ0n) is 12.4. The molecule has 7 nitrogen and oxygen atoms in total. The first-order valence-electron chi connectivity index (χ1n) is 6.87. The highest BCUT2D eigenvalue weighted by Crippen LogP contribution is 2.05. The lowest BCUT2D eigenvalue weighted by Crippen LogP contribution is -2.52. The minimum absolute atomic E-state index is 0.0288. The molecule has 20 heavy (non-hydrogen) atoms. The minimum Gasteiger partial charge on any atom is -0.382 e. The molecule has 7 heteroatoms. The maximum absolute atomic E-state index is 12.0. The summed E-state index contributed by atoms with van der Waals surface area (Å²) < 4.78 is 10.5. The van der Waals surface area contributed by atoms with E-state index >= 15 is 0 Å². The fraction of sp³-hybridized carbons (Fsp3) is 0.846. The van der Waals surface area contributed by atoms with Crippen molar-refractivity contribution in [2.45, 2.75) is 26.0 Å². The van der Waals surface area contributed by atoms with Crippen LogP contribution in [0.15, 0.2) is 0 Å². The van der Waals surface area contributed by atoms with Crippen molar-refractivity contribution in [3.05, 3.63) is 0 Å². The molecule has 0 saturated carbocycles. The molecule has 0 aromatic rings. The van der Waals surface area contributed by atoms with E-state index < -0.39 is 6.04 Å². The number of nitrogens with one attached hydrogen (secondary N) is 1. The van der Waals surface area contributed by atoms with Crippen molar-refractivity contribution in [1.82, 2.24) is 10.2 Å². The zero-order chi connectivity index (χ0) is 15.1. The molecule has 1 aliphatic rings. The molecule has 1 rings (SSSR count). The van der Waals surface area contributed by atoms with Gasteiger partial charge in [0.2, 0.25) is 11.8 Å². The third kappa shape index (κ3) is 5.07. The van der Waals surface area contributed by atoms with Gasteiger partial charge in [0, 0.05) is 20.2 Å². The van der Waals surface area contributed by atoms with Crippen LogP contribution in [0.3, 0.4) is 0 Å². The highest BCUT2D eigenvalue weighted by Gasteiger charge is 2.25. The van der Waals surface area contributed by atoms with E-state index in [-0.39, 0.29) is 30.4 Å². The Balaban J connectivity index is 2.37. The smallest absolute Gasteiger partial charge is 0.242 e. The van der Waals surface area contributed by atoms with E-state index in [1.165, 1.54) is 0 Å². The van der Waals surface area contributed by atoms with Gasteiger partial charge in [0.25, 0.3) is 0 Å². The van der Waals surface area contributed by atoms with Crippen LogP contribution in [0.4, 0.5) is 0 Å². The quantitative estimate of drug-likeness (QED) is 0.651. The maximum atomic E-state index is 12.0. The molecule has 0 aromatic heterocycles. The topological polar surface area (TPSA) is 93.9 Å². The van der Waals surface area contributed by atoms with Crippen LogP contribution in [-0.2, 0) is 19.1 Å². The van der Waals surface area contributed by atoms with Gasteiger partial charge in [-0.25, -0.2) is 0 Å². The van der Waals surface area contributed by atoms with Gasteiger partial charge in [-0.3, -0.25) is 9.59 Å². The third-order valence-electron chi connectivity index (χ3n) is 3.28. The van der Waals surface area contributed by atoms with Gasteiger partial charge in [-0.1, -0.05) is 13.8 Å². The van der Waals surface area contributed by atoms with Gasteiger partial charge in [0.15, 0.2) is 0 Å². The first-order valence-corrected chi connectivity index (χ1v) is 6.87. The number of methoxy groups -OCH3 is 1. The van der Waals surface area contributed by atoms with Crippen LogP contribution in [0, 0.1) is 5.92 Å². The highest BCUT2D eigenvalue weighted by molar-refractivity contribution is 5.87. The Morgan fingerprint density at radius 2 is 2.20 bits per heavy atom. The molecule has 2 amide bonds. The van der Waals surface area contributed by atoms with Crippen molar-refractivity contribution in [3.63, 3.8) is 0 Å². The Bertz CT molecular complexity index is 334. The van der Waals surface area contributed by atoms with Crippen molar-refractivity contribution < 1.29 is 19.1 Å². The number of nitrogens with two attached hydrogens (primary N) is 1. The van der Waals surface area contributed by atoms with Crippen LogP contribution >= 0.6 is 0 Å². The molecule has 2 atom stereocenters. The number of ether oxygens (including phenoxy) is 2. The Labute approximate surface area is 119 Å². The van der Waals surface area contributed by atoms with Gasteiger partial charge in [0.05, 0.1) is 31.9 Å². The summed E-state index contributed by atoms with van der Waals surface area (Å²) in [6.07, 6.45) is -0.105. The molecule has 0 radical (unpaired) electrons. The molecule has 0 aliphatic carbocycles. The van der Waals surface area contributed by atoms with Gasteiger partial charge in [-0.05, 0) is 5.92 Å². The molecule has 1 fully saturated rings. The lowest BCUT2D eigenvalue weighted by molar-refractivity contribution is -0.141. The summed E-state index contributed by atoms with van der Waals surface area (Å²) in [7, 11) is 1.59. The summed E-state index contributed by atoms with van der Waals surface area (Å²) >= 11 is 0. The second kappa shape index (κ2) is 8.18. The highest BCUT2D eigenvalue weighted by atomic mass is 16.5. The monoisotopic (exact) mass is 287 g/mol. The summed E-state index contributed by atoms with van der Waals surface area (Å²) in [5.41, 5.74) is 5.71. The van der Waals surface area contributed by atoms with Crippen molar-refractivity contribution in [2.75, 3.05) is 40.0 Å². The summed E-state index contributed by atoms with van der Waals surface area (Å²) in [6, 6.07) is -0.589. The Morgan fingerprint density at radius 1 is 1.50 bits per heavy atom. The lowest BCUT2D eigenvalue weighted by Gasteiger charge is -2.32. The largest absolute Gasteiger partial charge is 0.382 e. The Morgan fingerprint density at radius 3 is 2.80 bits per heavy atom. The normalized spacial score (nSPS) is 20.9. The molecule has 3 N–H and O–H groups in total. The van der Waals surface area contributed by atoms with Crippen LogP contribution in [0.2, 0.25) is 0 Å². The van der Waals surface area contributed by atoms with Gasteiger partial charge < -0.3 is 25.4 Å². The average Bonchev–Trinajstić information content (AvgIpc) is 2.44. The molecule has 116 valence electrons. The fourth-order valence-corrected chi connectivity index (χ4v) is 1.93. The molecule has 1 saturated heterocycles. The van der Waals surface area contributed by atoms with E-state index in [1.54, 1.807) is 12.0 Å². The van der Waals surface area contributed by atoms with E-state index in [1.807, 2.05) is 13.8 Å². The van der Waals surface area contributed by atoms with Gasteiger partial charge >= 0.3 is 0 Å². The molecule has 0 bridgehead atoms. The second-order valence-electron chi connectivity index (χ2n) is 5.28. The molecule has 1 aliphatic heterocycles. The molecular weight excluding hydrogens is 262 g/mol. The van der Waals surface area contributed by atoms with E-state index in [9.17, 15) is 9.59 Å². The summed E-state index contributed by atoms with van der Waals surface area (Å²) in [6.45, 7) is 5.66. The summed E-state index contributed by atoms with van der Waals surface area (Å²) in [5.74, 6) is -0.381. The van der Waals surface area contributed by atoms with E-state index in [2.05, 4.69) is 5.32 Å². The standard InChI is InChI=1S/C13H25N3O4/c1-9(2)12(14)13(18)15-6-11(17)16-4-5-20-10(7-16)8-19-3/h9-10,12H,4-8,14H2,1-3H3,(H,15,18)/t10?,12-/m0/s1. The number of hydrogen-bond donors (Lipinski definition) is 2. The van der Waals surface area contributed by atoms with Crippen LogP contribution in [0.1, 0.15) is 13.8 Å². The first kappa shape index (κ1) is 16.9. The summed E-state index contributed by atoms with van der Waals surface area (Å²) in [5, 5.41) is 2.58. The van der Waals surface area contributed by atoms with E-state index in [0.29, 0.717) is 26.3 Å². The molecule has 1 unspecified atom stereocenters. The van der Waals surface area contributed by atoms with Gasteiger partial charge in [-0.15, -0.1) is 0 Å². The Kier molecular flexibility index (Phi) is 6.90. The number of carbonyl (C=O) groups excluding carboxylic acids is 2. The number of hydrogen-bond acceptors (Lipinski definition) is 5. The number of carbonyl (C=O) groups is 2. The van der Waals surface area contributed by atoms with Crippen LogP contribution < -0.4 is 11.1 Å². The van der Waals surface area contributed by atoms with Gasteiger partial charge in [-0.2, -0.15) is 0 Å². The van der Waals surface area contributed by atoms with Crippen molar-refractivity contribution >= 4 is 11.8 Å². The lowest BCUT2D eigenvalue weighted by atomic mass is 10.1.